The summed E-state index contributed by atoms with van der Waals surface area (Å²) in [7, 11) is 0. The van der Waals surface area contributed by atoms with Gasteiger partial charge in [0.2, 0.25) is 5.43 Å². The van der Waals surface area contributed by atoms with Gasteiger partial charge >= 0.3 is 0 Å². The van der Waals surface area contributed by atoms with Crippen LogP contribution in [0, 0.1) is 12.7 Å². The molecule has 4 aromatic rings. The van der Waals surface area contributed by atoms with Gasteiger partial charge in [-0.3, -0.25) is 14.0 Å². The Morgan fingerprint density at radius 1 is 1.19 bits per heavy atom. The molecule has 0 radical (unpaired) electrons. The van der Waals surface area contributed by atoms with Crippen molar-refractivity contribution in [2.24, 2.45) is 0 Å². The second-order valence-corrected chi connectivity index (χ2v) is 8.29. The fourth-order valence-corrected chi connectivity index (χ4v) is 4.95. The standard InChI is InChI=1S/C20H15FN2O2S2/c1-9-2-5-11(16(26)6-9)12-8-15-13(7-14(12)21)18(24)17-19(25)22-27-20(17)23(15)10-3-4-10/h2,5-8,10,26H,3-4H2,1H3,(H,22,25). The molecule has 1 aliphatic rings. The monoisotopic (exact) mass is 398 g/mol. The molecule has 2 aromatic heterocycles. The van der Waals surface area contributed by atoms with Crippen LogP contribution in [0.5, 0.6) is 0 Å². The SMILES string of the molecule is Cc1ccc(-c2cc3c(cc2F)c(=O)c2c(=O)[nH]sc2n3C2CC2)c(S)c1. The molecule has 0 spiro atoms. The fraction of sp³-hybridized carbons (Fsp3) is 0.200. The number of aromatic amines is 1. The fourth-order valence-electron chi connectivity index (χ4n) is 3.62. The second kappa shape index (κ2) is 5.81. The minimum absolute atomic E-state index is 0.122. The number of aryl methyl sites for hydroxylation is 1. The van der Waals surface area contributed by atoms with Crippen molar-refractivity contribution < 1.29 is 4.39 Å². The maximum atomic E-state index is 15.0. The molecule has 0 aliphatic heterocycles. The van der Waals surface area contributed by atoms with E-state index in [0.717, 1.165) is 18.4 Å². The zero-order valence-electron chi connectivity index (χ0n) is 14.4. The van der Waals surface area contributed by atoms with E-state index in [1.807, 2.05) is 29.7 Å². The number of nitrogens with zero attached hydrogens (tertiary/aromatic N) is 1. The number of hydrogen-bond donors (Lipinski definition) is 2. The molecule has 1 N–H and O–H groups in total. The summed E-state index contributed by atoms with van der Waals surface area (Å²) < 4.78 is 19.6. The van der Waals surface area contributed by atoms with Gasteiger partial charge in [-0.25, -0.2) is 4.39 Å². The number of fused-ring (bicyclic) bond motifs is 2. The van der Waals surface area contributed by atoms with Crippen LogP contribution in [0.25, 0.3) is 32.2 Å². The van der Waals surface area contributed by atoms with E-state index < -0.39 is 16.8 Å². The Balaban J connectivity index is 1.93. The summed E-state index contributed by atoms with van der Waals surface area (Å²) in [5.41, 5.74) is 1.97. The Morgan fingerprint density at radius 2 is 1.96 bits per heavy atom. The van der Waals surface area contributed by atoms with Crippen molar-refractivity contribution in [3.05, 3.63) is 62.3 Å². The van der Waals surface area contributed by atoms with Crippen molar-refractivity contribution >= 4 is 45.3 Å². The lowest BCUT2D eigenvalue weighted by atomic mass is 10.0. The molecule has 0 bridgehead atoms. The number of pyridine rings is 1. The summed E-state index contributed by atoms with van der Waals surface area (Å²) in [6, 6.07) is 8.85. The largest absolute Gasteiger partial charge is 0.328 e. The van der Waals surface area contributed by atoms with E-state index in [0.29, 0.717) is 26.4 Å². The first-order valence-corrected chi connectivity index (χ1v) is 9.91. The molecule has 5 rings (SSSR count). The number of rotatable bonds is 2. The van der Waals surface area contributed by atoms with Crippen LogP contribution in [-0.4, -0.2) is 8.94 Å². The topological polar surface area (TPSA) is 54.9 Å². The van der Waals surface area contributed by atoms with Gasteiger partial charge in [0, 0.05) is 21.9 Å². The van der Waals surface area contributed by atoms with Crippen LogP contribution >= 0.6 is 24.2 Å². The third-order valence-electron chi connectivity index (χ3n) is 5.07. The van der Waals surface area contributed by atoms with Crippen molar-refractivity contribution in [1.29, 1.82) is 0 Å². The van der Waals surface area contributed by atoms with Crippen LogP contribution in [0.4, 0.5) is 4.39 Å². The second-order valence-electron chi connectivity index (χ2n) is 7.01. The smallest absolute Gasteiger partial charge is 0.271 e. The molecular weight excluding hydrogens is 383 g/mol. The lowest BCUT2D eigenvalue weighted by Crippen LogP contribution is -2.15. The maximum Gasteiger partial charge on any atom is 0.271 e. The zero-order chi connectivity index (χ0) is 18.9. The Hall–Kier alpha value is -2.38. The molecule has 0 atom stereocenters. The Kier molecular flexibility index (Phi) is 3.61. The van der Waals surface area contributed by atoms with Crippen LogP contribution in [0.1, 0.15) is 24.4 Å². The van der Waals surface area contributed by atoms with Crippen molar-refractivity contribution in [2.75, 3.05) is 0 Å². The van der Waals surface area contributed by atoms with E-state index in [2.05, 4.69) is 17.0 Å². The number of thiol groups is 1. The van der Waals surface area contributed by atoms with Crippen molar-refractivity contribution in [1.82, 2.24) is 8.94 Å². The Morgan fingerprint density at radius 3 is 2.67 bits per heavy atom. The molecule has 2 aromatic carbocycles. The molecule has 1 aliphatic carbocycles. The molecule has 7 heteroatoms. The summed E-state index contributed by atoms with van der Waals surface area (Å²) in [4.78, 5) is 26.3. The average molecular weight is 398 g/mol. The number of hydrogen-bond acceptors (Lipinski definition) is 4. The van der Waals surface area contributed by atoms with Gasteiger partial charge in [0.25, 0.3) is 5.56 Å². The van der Waals surface area contributed by atoms with Crippen LogP contribution in [-0.2, 0) is 0 Å². The number of halogens is 1. The molecule has 1 fully saturated rings. The molecule has 4 nitrogen and oxygen atoms in total. The first-order chi connectivity index (χ1) is 13.0. The van der Waals surface area contributed by atoms with Crippen LogP contribution < -0.4 is 11.0 Å². The van der Waals surface area contributed by atoms with E-state index >= 15 is 0 Å². The summed E-state index contributed by atoms with van der Waals surface area (Å²) in [5.74, 6) is -0.493. The first kappa shape index (κ1) is 16.8. The van der Waals surface area contributed by atoms with Crippen molar-refractivity contribution in [3.8, 4) is 11.1 Å². The van der Waals surface area contributed by atoms with E-state index in [1.54, 1.807) is 6.07 Å². The quantitative estimate of drug-likeness (QED) is 0.483. The predicted molar refractivity (Wildman–Crippen MR) is 110 cm³/mol. The minimum Gasteiger partial charge on any atom is -0.328 e. The van der Waals surface area contributed by atoms with Gasteiger partial charge in [-0.2, -0.15) is 0 Å². The first-order valence-electron chi connectivity index (χ1n) is 8.64. The lowest BCUT2D eigenvalue weighted by Gasteiger charge is -2.14. The summed E-state index contributed by atoms with van der Waals surface area (Å²) in [6.45, 7) is 1.95. The number of H-pyrrole nitrogens is 1. The van der Waals surface area contributed by atoms with Gasteiger partial charge in [0.05, 0.1) is 5.52 Å². The third kappa shape index (κ3) is 2.49. The summed E-state index contributed by atoms with van der Waals surface area (Å²) in [6.07, 6.45) is 1.96. The number of aromatic nitrogens is 2. The maximum absolute atomic E-state index is 15.0. The zero-order valence-corrected chi connectivity index (χ0v) is 16.1. The van der Waals surface area contributed by atoms with Gasteiger partial charge in [0.1, 0.15) is 16.0 Å². The lowest BCUT2D eigenvalue weighted by molar-refractivity contribution is 0.632. The number of nitrogens with one attached hydrogen (secondary N) is 1. The van der Waals surface area contributed by atoms with Gasteiger partial charge in [-0.05, 0) is 60.6 Å². The molecule has 0 amide bonds. The molecule has 1 saturated carbocycles. The molecule has 0 saturated heterocycles. The molecule has 2 heterocycles. The highest BCUT2D eigenvalue weighted by molar-refractivity contribution is 7.80. The van der Waals surface area contributed by atoms with Crippen molar-refractivity contribution in [2.45, 2.75) is 30.7 Å². The van der Waals surface area contributed by atoms with E-state index in [9.17, 15) is 14.0 Å². The van der Waals surface area contributed by atoms with Gasteiger partial charge < -0.3 is 4.57 Å². The van der Waals surface area contributed by atoms with E-state index in [4.69, 9.17) is 0 Å². The molecule has 0 unspecified atom stereocenters. The highest BCUT2D eigenvalue weighted by atomic mass is 32.1. The number of benzene rings is 2. The summed E-state index contributed by atoms with van der Waals surface area (Å²) >= 11 is 5.67. The average Bonchev–Trinajstić information content (AvgIpc) is 3.38. The van der Waals surface area contributed by atoms with Gasteiger partial charge in [-0.15, -0.1) is 12.6 Å². The highest BCUT2D eigenvalue weighted by Crippen LogP contribution is 2.41. The van der Waals surface area contributed by atoms with Gasteiger partial charge in [-0.1, -0.05) is 12.1 Å². The van der Waals surface area contributed by atoms with E-state index in [1.165, 1.54) is 17.6 Å². The van der Waals surface area contributed by atoms with Crippen molar-refractivity contribution in [3.63, 3.8) is 0 Å². The minimum atomic E-state index is -0.493. The van der Waals surface area contributed by atoms with Crippen LogP contribution in [0.3, 0.4) is 0 Å². The summed E-state index contributed by atoms with van der Waals surface area (Å²) in [5, 5.41) is 0.365. The third-order valence-corrected chi connectivity index (χ3v) is 6.32. The molecular formula is C20H15FN2O2S2. The van der Waals surface area contributed by atoms with Gasteiger partial charge in [0.15, 0.2) is 0 Å². The normalized spacial score (nSPS) is 14.3. The van der Waals surface area contributed by atoms with Crippen LogP contribution in [0.15, 0.2) is 44.8 Å². The molecule has 136 valence electrons. The highest BCUT2D eigenvalue weighted by Gasteiger charge is 2.29. The Bertz CT molecular complexity index is 1360. The van der Waals surface area contributed by atoms with Crippen LogP contribution in [0.2, 0.25) is 0 Å². The Labute approximate surface area is 162 Å². The van der Waals surface area contributed by atoms with E-state index in [-0.39, 0.29) is 16.8 Å². The molecule has 27 heavy (non-hydrogen) atoms. The predicted octanol–water partition coefficient (Wildman–Crippen LogP) is 4.64.